The molecule has 0 atom stereocenters. The Morgan fingerprint density at radius 3 is 2.67 bits per heavy atom. The Hall–Kier alpha value is -1.78. The summed E-state index contributed by atoms with van der Waals surface area (Å²) < 4.78 is 5.53. The number of ether oxygens (including phenoxy) is 1. The fraction of sp³-hybridized carbons (Fsp3) is 0.400. The van der Waals surface area contributed by atoms with Crippen molar-refractivity contribution in [3.8, 4) is 5.88 Å². The Kier molecular flexibility index (Phi) is 3.14. The van der Waals surface area contributed by atoms with Gasteiger partial charge in [-0.05, 0) is 26.8 Å². The number of amidine groups is 1. The minimum Gasteiger partial charge on any atom is -0.472 e. The number of oxime groups is 1. The molecule has 0 aromatic carbocycles. The van der Waals surface area contributed by atoms with E-state index in [2.05, 4.69) is 10.1 Å². The first kappa shape index (κ1) is 11.3. The zero-order valence-electron chi connectivity index (χ0n) is 9.06. The second kappa shape index (κ2) is 4.16. The summed E-state index contributed by atoms with van der Waals surface area (Å²) in [5.74, 6) is 0.418. The van der Waals surface area contributed by atoms with Crippen molar-refractivity contribution < 1.29 is 9.94 Å². The van der Waals surface area contributed by atoms with Gasteiger partial charge in [-0.3, -0.25) is 0 Å². The summed E-state index contributed by atoms with van der Waals surface area (Å²) in [6, 6.07) is 5.10. The number of nitrogens with two attached hydrogens (primary N) is 1. The van der Waals surface area contributed by atoms with Crippen LogP contribution < -0.4 is 10.5 Å². The van der Waals surface area contributed by atoms with Crippen LogP contribution >= 0.6 is 0 Å². The molecule has 0 aliphatic heterocycles. The van der Waals surface area contributed by atoms with Crippen molar-refractivity contribution in [1.29, 1.82) is 0 Å². The molecule has 0 amide bonds. The highest BCUT2D eigenvalue weighted by Crippen LogP contribution is 2.15. The smallest absolute Gasteiger partial charge is 0.214 e. The molecule has 82 valence electrons. The van der Waals surface area contributed by atoms with Crippen LogP contribution in [0.1, 0.15) is 26.5 Å². The van der Waals surface area contributed by atoms with Crippen LogP contribution in [-0.4, -0.2) is 21.6 Å². The highest BCUT2D eigenvalue weighted by Gasteiger charge is 2.13. The second-order valence-corrected chi connectivity index (χ2v) is 4.06. The molecule has 0 aliphatic carbocycles. The molecule has 1 aromatic rings. The van der Waals surface area contributed by atoms with Crippen molar-refractivity contribution in [1.82, 2.24) is 4.98 Å². The first-order chi connectivity index (χ1) is 6.92. The topological polar surface area (TPSA) is 80.7 Å². The van der Waals surface area contributed by atoms with Gasteiger partial charge >= 0.3 is 0 Å². The van der Waals surface area contributed by atoms with E-state index in [-0.39, 0.29) is 11.4 Å². The van der Waals surface area contributed by atoms with Crippen LogP contribution in [0.25, 0.3) is 0 Å². The molecule has 5 heteroatoms. The fourth-order valence-corrected chi connectivity index (χ4v) is 0.979. The Bertz CT molecular complexity index is 369. The lowest BCUT2D eigenvalue weighted by Crippen LogP contribution is -2.24. The largest absolute Gasteiger partial charge is 0.472 e. The maximum Gasteiger partial charge on any atom is 0.214 e. The molecule has 0 fully saturated rings. The number of aromatic nitrogens is 1. The Morgan fingerprint density at radius 1 is 1.47 bits per heavy atom. The van der Waals surface area contributed by atoms with Gasteiger partial charge in [-0.1, -0.05) is 11.2 Å². The normalized spacial score (nSPS) is 12.6. The molecule has 0 radical (unpaired) electrons. The summed E-state index contributed by atoms with van der Waals surface area (Å²) in [5, 5.41) is 11.4. The summed E-state index contributed by atoms with van der Waals surface area (Å²) in [6.07, 6.45) is 0. The molecular formula is C10H15N3O2. The van der Waals surface area contributed by atoms with E-state index in [0.717, 1.165) is 0 Å². The summed E-state index contributed by atoms with van der Waals surface area (Å²) in [5.41, 5.74) is 5.47. The van der Waals surface area contributed by atoms with Crippen LogP contribution in [0, 0.1) is 0 Å². The standard InChI is InChI=1S/C10H15N3O2/c1-10(2,3)15-8-6-4-5-7(12-8)9(11)13-14/h4-6,14H,1-3H3,(H2,11,13). The molecule has 0 unspecified atom stereocenters. The highest BCUT2D eigenvalue weighted by atomic mass is 16.5. The number of rotatable bonds is 2. The van der Waals surface area contributed by atoms with Crippen molar-refractivity contribution in [3.63, 3.8) is 0 Å². The van der Waals surface area contributed by atoms with Gasteiger partial charge in [0, 0.05) is 6.07 Å². The fourth-order valence-electron chi connectivity index (χ4n) is 0.979. The molecule has 0 saturated carbocycles. The lowest BCUT2D eigenvalue weighted by Gasteiger charge is -2.20. The summed E-state index contributed by atoms with van der Waals surface area (Å²) in [4.78, 5) is 4.09. The third kappa shape index (κ3) is 3.46. The molecule has 1 rings (SSSR count). The number of hydrogen-bond acceptors (Lipinski definition) is 4. The molecule has 15 heavy (non-hydrogen) atoms. The first-order valence-electron chi connectivity index (χ1n) is 4.56. The van der Waals surface area contributed by atoms with Gasteiger partial charge in [-0.2, -0.15) is 0 Å². The number of pyridine rings is 1. The summed E-state index contributed by atoms with van der Waals surface area (Å²) in [6.45, 7) is 5.76. The first-order valence-corrected chi connectivity index (χ1v) is 4.56. The maximum atomic E-state index is 8.49. The Morgan fingerprint density at radius 2 is 2.13 bits per heavy atom. The minimum absolute atomic E-state index is 0.0330. The Balaban J connectivity index is 2.93. The average molecular weight is 209 g/mol. The van der Waals surface area contributed by atoms with E-state index in [9.17, 15) is 0 Å². The monoisotopic (exact) mass is 209 g/mol. The van der Waals surface area contributed by atoms with Gasteiger partial charge in [0.1, 0.15) is 11.3 Å². The van der Waals surface area contributed by atoms with Crippen LogP contribution in [0.5, 0.6) is 5.88 Å². The predicted octanol–water partition coefficient (Wildman–Crippen LogP) is 1.35. The molecule has 1 heterocycles. The zero-order chi connectivity index (χ0) is 11.5. The van der Waals surface area contributed by atoms with Crippen LogP contribution in [0.3, 0.4) is 0 Å². The lowest BCUT2D eigenvalue weighted by molar-refractivity contribution is 0.124. The van der Waals surface area contributed by atoms with E-state index >= 15 is 0 Å². The maximum absolute atomic E-state index is 8.49. The SMILES string of the molecule is CC(C)(C)Oc1cccc(C(N)=NO)n1. The quantitative estimate of drug-likeness (QED) is 0.333. The van der Waals surface area contributed by atoms with E-state index in [1.54, 1.807) is 18.2 Å². The number of nitrogens with zero attached hydrogens (tertiary/aromatic N) is 2. The molecular weight excluding hydrogens is 194 g/mol. The molecule has 5 nitrogen and oxygen atoms in total. The van der Waals surface area contributed by atoms with Crippen molar-refractivity contribution in [2.75, 3.05) is 0 Å². The van der Waals surface area contributed by atoms with Gasteiger partial charge < -0.3 is 15.7 Å². The molecule has 0 saturated heterocycles. The highest BCUT2D eigenvalue weighted by molar-refractivity contribution is 5.95. The van der Waals surface area contributed by atoms with E-state index in [4.69, 9.17) is 15.7 Å². The molecule has 3 N–H and O–H groups in total. The van der Waals surface area contributed by atoms with Gasteiger partial charge in [-0.25, -0.2) is 4.98 Å². The molecule has 0 aliphatic rings. The molecule has 0 spiro atoms. The van der Waals surface area contributed by atoms with E-state index in [1.807, 2.05) is 20.8 Å². The van der Waals surface area contributed by atoms with Crippen molar-refractivity contribution >= 4 is 5.84 Å². The van der Waals surface area contributed by atoms with E-state index in [1.165, 1.54) is 0 Å². The summed E-state index contributed by atoms with van der Waals surface area (Å²) in [7, 11) is 0. The van der Waals surface area contributed by atoms with Gasteiger partial charge in [0.15, 0.2) is 5.84 Å². The van der Waals surface area contributed by atoms with E-state index in [0.29, 0.717) is 11.6 Å². The third-order valence-corrected chi connectivity index (χ3v) is 1.50. The third-order valence-electron chi connectivity index (χ3n) is 1.50. The second-order valence-electron chi connectivity index (χ2n) is 4.06. The lowest BCUT2D eigenvalue weighted by atomic mass is 10.2. The summed E-state index contributed by atoms with van der Waals surface area (Å²) >= 11 is 0. The number of hydrogen-bond donors (Lipinski definition) is 2. The minimum atomic E-state index is -0.323. The van der Waals surface area contributed by atoms with E-state index < -0.39 is 0 Å². The van der Waals surface area contributed by atoms with Gasteiger partial charge in [0.25, 0.3) is 0 Å². The van der Waals surface area contributed by atoms with Gasteiger partial charge in [-0.15, -0.1) is 0 Å². The van der Waals surface area contributed by atoms with Gasteiger partial charge in [0.2, 0.25) is 5.88 Å². The van der Waals surface area contributed by atoms with Crippen molar-refractivity contribution in [2.24, 2.45) is 10.9 Å². The zero-order valence-corrected chi connectivity index (χ0v) is 9.06. The predicted molar refractivity (Wildman–Crippen MR) is 57.1 cm³/mol. The van der Waals surface area contributed by atoms with Crippen LogP contribution in [0.2, 0.25) is 0 Å². The van der Waals surface area contributed by atoms with Crippen molar-refractivity contribution in [2.45, 2.75) is 26.4 Å². The van der Waals surface area contributed by atoms with Gasteiger partial charge in [0.05, 0.1) is 0 Å². The Labute approximate surface area is 88.6 Å². The van der Waals surface area contributed by atoms with Crippen molar-refractivity contribution in [3.05, 3.63) is 23.9 Å². The molecule has 0 bridgehead atoms. The van der Waals surface area contributed by atoms with Crippen LogP contribution in [0.4, 0.5) is 0 Å². The molecule has 1 aromatic heterocycles. The van der Waals surface area contributed by atoms with Crippen LogP contribution in [0.15, 0.2) is 23.4 Å². The van der Waals surface area contributed by atoms with Crippen LogP contribution in [-0.2, 0) is 0 Å². The average Bonchev–Trinajstić information content (AvgIpc) is 2.14.